The molecule has 0 bridgehead atoms. The third kappa shape index (κ3) is 2.42. The number of phenols is 2. The molecular formula is C17H16O6. The van der Waals surface area contributed by atoms with Crippen molar-refractivity contribution in [3.63, 3.8) is 0 Å². The van der Waals surface area contributed by atoms with E-state index in [-0.39, 0.29) is 35.4 Å². The van der Waals surface area contributed by atoms with Crippen LogP contribution in [0.5, 0.6) is 28.7 Å². The van der Waals surface area contributed by atoms with Crippen LogP contribution in [0.4, 0.5) is 0 Å². The Balaban J connectivity index is 2.05. The zero-order valence-electron chi connectivity index (χ0n) is 12.7. The fraction of sp³-hybridized carbons (Fsp3) is 0.235. The normalized spacial score (nSPS) is 16.4. The molecule has 23 heavy (non-hydrogen) atoms. The van der Waals surface area contributed by atoms with Crippen LogP contribution in [0.2, 0.25) is 0 Å². The molecule has 1 heterocycles. The summed E-state index contributed by atoms with van der Waals surface area (Å²) in [5, 5.41) is 19.7. The van der Waals surface area contributed by atoms with Crippen LogP contribution in [0, 0.1) is 0 Å². The van der Waals surface area contributed by atoms with E-state index in [4.69, 9.17) is 14.2 Å². The van der Waals surface area contributed by atoms with Gasteiger partial charge in [-0.15, -0.1) is 0 Å². The highest BCUT2D eigenvalue weighted by Gasteiger charge is 2.33. The van der Waals surface area contributed by atoms with Gasteiger partial charge in [0, 0.05) is 11.6 Å². The molecule has 2 aromatic carbocycles. The van der Waals surface area contributed by atoms with E-state index in [9.17, 15) is 15.0 Å². The minimum absolute atomic E-state index is 0.0367. The molecule has 1 aliphatic rings. The van der Waals surface area contributed by atoms with E-state index in [0.29, 0.717) is 16.9 Å². The van der Waals surface area contributed by atoms with Gasteiger partial charge in [-0.3, -0.25) is 4.79 Å². The lowest BCUT2D eigenvalue weighted by Crippen LogP contribution is -2.26. The smallest absolute Gasteiger partial charge is 0.201 e. The molecule has 0 aliphatic carbocycles. The van der Waals surface area contributed by atoms with E-state index in [1.807, 2.05) is 0 Å². The number of fused-ring (bicyclic) bond motifs is 1. The molecule has 3 rings (SSSR count). The second-order valence-electron chi connectivity index (χ2n) is 5.15. The van der Waals surface area contributed by atoms with Gasteiger partial charge in [-0.25, -0.2) is 0 Å². The Bertz CT molecular complexity index is 768. The third-order valence-corrected chi connectivity index (χ3v) is 3.88. The number of phenolic OH excluding ortho intramolecular Hbond substituents is 2. The Morgan fingerprint density at radius 3 is 2.61 bits per heavy atom. The molecule has 6 nitrogen and oxygen atoms in total. The van der Waals surface area contributed by atoms with E-state index >= 15 is 0 Å². The molecule has 0 amide bonds. The molecule has 1 atom stereocenters. The van der Waals surface area contributed by atoms with Gasteiger partial charge in [0.05, 0.1) is 25.7 Å². The minimum Gasteiger partial charge on any atom is -0.508 e. The van der Waals surface area contributed by atoms with Crippen LogP contribution in [-0.4, -0.2) is 36.8 Å². The Labute approximate surface area is 132 Å². The molecule has 2 N–H and O–H groups in total. The number of Topliss-reactive ketones (excluding diaryl/α,β-unsaturated/α-hetero) is 1. The Morgan fingerprint density at radius 1 is 1.13 bits per heavy atom. The average Bonchev–Trinajstić information content (AvgIpc) is 2.55. The summed E-state index contributed by atoms with van der Waals surface area (Å²) in [5.74, 6) is -0.0871. The number of hydrogen-bond acceptors (Lipinski definition) is 6. The summed E-state index contributed by atoms with van der Waals surface area (Å²) in [6.07, 6.45) is 0. The van der Waals surface area contributed by atoms with Gasteiger partial charge in [-0.1, -0.05) is 6.07 Å². The lowest BCUT2D eigenvalue weighted by Gasteiger charge is -2.26. The predicted molar refractivity (Wildman–Crippen MR) is 81.9 cm³/mol. The standard InChI is InChI=1S/C17H16O6/c1-21-13-6-5-10(17(22-2)16(13)20)12-8-23-14-7-9(18)3-4-11(14)15(12)19/h3-7,12,18,20H,8H2,1-2H3/t12-/m0/s1. The fourth-order valence-corrected chi connectivity index (χ4v) is 2.72. The van der Waals surface area contributed by atoms with E-state index in [2.05, 4.69) is 0 Å². The first-order valence-electron chi connectivity index (χ1n) is 7.00. The molecule has 0 saturated heterocycles. The van der Waals surface area contributed by atoms with Crippen molar-refractivity contribution in [3.05, 3.63) is 41.5 Å². The number of carbonyl (C=O) groups excluding carboxylic acids is 1. The van der Waals surface area contributed by atoms with Gasteiger partial charge in [0.1, 0.15) is 18.1 Å². The van der Waals surface area contributed by atoms with E-state index in [0.717, 1.165) is 0 Å². The molecule has 2 aromatic rings. The third-order valence-electron chi connectivity index (χ3n) is 3.88. The first-order chi connectivity index (χ1) is 11.1. The first kappa shape index (κ1) is 15.0. The maximum atomic E-state index is 12.7. The largest absolute Gasteiger partial charge is 0.508 e. The van der Waals surface area contributed by atoms with Gasteiger partial charge in [0.25, 0.3) is 0 Å². The number of ketones is 1. The zero-order valence-corrected chi connectivity index (χ0v) is 12.7. The van der Waals surface area contributed by atoms with Crippen LogP contribution in [-0.2, 0) is 0 Å². The topological polar surface area (TPSA) is 85.2 Å². The maximum Gasteiger partial charge on any atom is 0.201 e. The van der Waals surface area contributed by atoms with Crippen LogP contribution < -0.4 is 14.2 Å². The molecule has 0 saturated carbocycles. The molecular weight excluding hydrogens is 300 g/mol. The highest BCUT2D eigenvalue weighted by atomic mass is 16.5. The lowest BCUT2D eigenvalue weighted by atomic mass is 9.88. The monoisotopic (exact) mass is 316 g/mol. The fourth-order valence-electron chi connectivity index (χ4n) is 2.72. The number of hydrogen-bond donors (Lipinski definition) is 2. The number of ether oxygens (including phenoxy) is 3. The van der Waals surface area contributed by atoms with Crippen molar-refractivity contribution in [2.24, 2.45) is 0 Å². The summed E-state index contributed by atoms with van der Waals surface area (Å²) >= 11 is 0. The lowest BCUT2D eigenvalue weighted by molar-refractivity contribution is 0.0893. The molecule has 1 aliphatic heterocycles. The SMILES string of the molecule is COc1ccc([C@@H]2COc3cc(O)ccc3C2=O)c(OC)c1O. The minimum atomic E-state index is -0.612. The quantitative estimate of drug-likeness (QED) is 0.905. The van der Waals surface area contributed by atoms with Crippen molar-refractivity contribution in [2.45, 2.75) is 5.92 Å². The van der Waals surface area contributed by atoms with Crippen molar-refractivity contribution in [1.82, 2.24) is 0 Å². The molecule has 120 valence electrons. The van der Waals surface area contributed by atoms with E-state index in [1.165, 1.54) is 32.4 Å². The number of rotatable bonds is 3. The molecule has 0 aromatic heterocycles. The molecule has 0 radical (unpaired) electrons. The Kier molecular flexibility index (Phi) is 3.73. The van der Waals surface area contributed by atoms with Crippen LogP contribution in [0.1, 0.15) is 21.8 Å². The first-order valence-corrected chi connectivity index (χ1v) is 7.00. The molecule has 0 spiro atoms. The highest BCUT2D eigenvalue weighted by Crippen LogP contribution is 2.44. The van der Waals surface area contributed by atoms with Crippen LogP contribution >= 0.6 is 0 Å². The number of aromatic hydroxyl groups is 2. The summed E-state index contributed by atoms with van der Waals surface area (Å²) < 4.78 is 15.9. The molecule has 0 fully saturated rings. The highest BCUT2D eigenvalue weighted by molar-refractivity contribution is 6.04. The van der Waals surface area contributed by atoms with Gasteiger partial charge < -0.3 is 24.4 Å². The van der Waals surface area contributed by atoms with Crippen molar-refractivity contribution in [2.75, 3.05) is 20.8 Å². The van der Waals surface area contributed by atoms with Gasteiger partial charge in [-0.05, 0) is 18.2 Å². The number of carbonyl (C=O) groups is 1. The van der Waals surface area contributed by atoms with Crippen LogP contribution in [0.3, 0.4) is 0 Å². The molecule has 0 unspecified atom stereocenters. The van der Waals surface area contributed by atoms with Crippen LogP contribution in [0.15, 0.2) is 30.3 Å². The van der Waals surface area contributed by atoms with Gasteiger partial charge in [0.15, 0.2) is 17.3 Å². The summed E-state index contributed by atoms with van der Waals surface area (Å²) in [6.45, 7) is 0.0947. The average molecular weight is 316 g/mol. The summed E-state index contributed by atoms with van der Waals surface area (Å²) in [6, 6.07) is 7.62. The van der Waals surface area contributed by atoms with Crippen molar-refractivity contribution < 1.29 is 29.2 Å². The number of methoxy groups -OCH3 is 2. The van der Waals surface area contributed by atoms with Gasteiger partial charge in [-0.2, -0.15) is 0 Å². The second-order valence-corrected chi connectivity index (χ2v) is 5.15. The van der Waals surface area contributed by atoms with Crippen molar-refractivity contribution >= 4 is 5.78 Å². The maximum absolute atomic E-state index is 12.7. The number of benzene rings is 2. The van der Waals surface area contributed by atoms with E-state index < -0.39 is 5.92 Å². The predicted octanol–water partition coefficient (Wildman–Crippen LogP) is 2.47. The van der Waals surface area contributed by atoms with Crippen LogP contribution in [0.25, 0.3) is 0 Å². The zero-order chi connectivity index (χ0) is 16.6. The van der Waals surface area contributed by atoms with E-state index in [1.54, 1.807) is 12.1 Å². The second kappa shape index (κ2) is 5.72. The van der Waals surface area contributed by atoms with Gasteiger partial charge >= 0.3 is 0 Å². The summed E-state index contributed by atoms with van der Waals surface area (Å²) in [4.78, 5) is 12.7. The Morgan fingerprint density at radius 2 is 1.91 bits per heavy atom. The Hall–Kier alpha value is -2.89. The summed E-state index contributed by atoms with van der Waals surface area (Å²) in [7, 11) is 2.85. The van der Waals surface area contributed by atoms with Crippen molar-refractivity contribution in [3.8, 4) is 28.7 Å². The van der Waals surface area contributed by atoms with Crippen molar-refractivity contribution in [1.29, 1.82) is 0 Å². The summed E-state index contributed by atoms with van der Waals surface area (Å²) in [5.41, 5.74) is 0.908. The van der Waals surface area contributed by atoms with Gasteiger partial charge in [0.2, 0.25) is 5.75 Å². The molecule has 6 heteroatoms.